The van der Waals surface area contributed by atoms with Crippen LogP contribution in [0, 0.1) is 0 Å². The number of aromatic nitrogens is 3. The van der Waals surface area contributed by atoms with Crippen LogP contribution in [-0.4, -0.2) is 28.0 Å². The minimum absolute atomic E-state index is 0.646. The summed E-state index contributed by atoms with van der Waals surface area (Å²) in [6.45, 7) is 0. The van der Waals surface area contributed by atoms with Crippen molar-refractivity contribution in [3.63, 3.8) is 0 Å². The molecule has 0 amide bonds. The van der Waals surface area contributed by atoms with Gasteiger partial charge in [0.2, 0.25) is 5.88 Å². The summed E-state index contributed by atoms with van der Waals surface area (Å²) in [5.74, 6) is 1.75. The van der Waals surface area contributed by atoms with Gasteiger partial charge in [0.05, 0.1) is 18.8 Å². The molecule has 0 atom stereocenters. The minimum Gasteiger partial charge on any atom is -0.481 e. The maximum absolute atomic E-state index is 5.14. The van der Waals surface area contributed by atoms with E-state index in [-0.39, 0.29) is 0 Å². The molecule has 2 aromatic heterocycles. The number of pyridine rings is 1. The van der Waals surface area contributed by atoms with Gasteiger partial charge in [-0.05, 0) is 29.7 Å². The van der Waals surface area contributed by atoms with Crippen LogP contribution in [0.5, 0.6) is 5.88 Å². The van der Waals surface area contributed by atoms with Crippen molar-refractivity contribution in [1.82, 2.24) is 15.2 Å². The van der Waals surface area contributed by atoms with Gasteiger partial charge in [-0.25, -0.2) is 4.98 Å². The van der Waals surface area contributed by atoms with Crippen LogP contribution >= 0.6 is 11.8 Å². The fourth-order valence-corrected chi connectivity index (χ4v) is 3.94. The van der Waals surface area contributed by atoms with E-state index in [4.69, 9.17) is 4.74 Å². The molecule has 0 unspecified atom stereocenters. The number of nitrogens with one attached hydrogen (secondary N) is 1. The Morgan fingerprint density at radius 2 is 2.05 bits per heavy atom. The molecule has 0 aliphatic carbocycles. The Labute approximate surface area is 132 Å². The van der Waals surface area contributed by atoms with Crippen LogP contribution < -0.4 is 4.74 Å². The quantitative estimate of drug-likeness (QED) is 0.795. The lowest BCUT2D eigenvalue weighted by molar-refractivity contribution is 0.398. The third kappa shape index (κ3) is 2.27. The predicted octanol–water partition coefficient (Wildman–Crippen LogP) is 3.97. The van der Waals surface area contributed by atoms with Crippen molar-refractivity contribution in [3.05, 3.63) is 53.9 Å². The Morgan fingerprint density at radius 3 is 2.86 bits per heavy atom. The first-order valence-electron chi connectivity index (χ1n) is 7.15. The van der Waals surface area contributed by atoms with Gasteiger partial charge in [0.15, 0.2) is 0 Å². The highest BCUT2D eigenvalue weighted by molar-refractivity contribution is 8.08. The number of aromatic amines is 1. The fraction of sp³-hybridized carbons (Fsp3) is 0.176. The van der Waals surface area contributed by atoms with Crippen LogP contribution in [0.2, 0.25) is 0 Å². The largest absolute Gasteiger partial charge is 0.481 e. The van der Waals surface area contributed by atoms with Crippen molar-refractivity contribution in [2.45, 2.75) is 6.42 Å². The van der Waals surface area contributed by atoms with E-state index in [9.17, 15) is 0 Å². The summed E-state index contributed by atoms with van der Waals surface area (Å²) in [5, 5.41) is 8.28. The van der Waals surface area contributed by atoms with Crippen LogP contribution in [0.15, 0.2) is 42.7 Å². The van der Waals surface area contributed by atoms with Crippen LogP contribution in [0.3, 0.4) is 0 Å². The summed E-state index contributed by atoms with van der Waals surface area (Å²) in [7, 11) is 1.64. The monoisotopic (exact) mass is 309 g/mol. The number of nitrogens with zero attached hydrogens (tertiary/aromatic N) is 2. The highest BCUT2D eigenvalue weighted by atomic mass is 32.2. The Bertz CT molecular complexity index is 852. The zero-order chi connectivity index (χ0) is 14.9. The van der Waals surface area contributed by atoms with E-state index < -0.39 is 0 Å². The fourth-order valence-electron chi connectivity index (χ4n) is 2.75. The molecule has 1 aliphatic heterocycles. The molecule has 4 nitrogen and oxygen atoms in total. The molecule has 5 heteroatoms. The van der Waals surface area contributed by atoms with E-state index >= 15 is 0 Å². The van der Waals surface area contributed by atoms with E-state index in [0.717, 1.165) is 28.6 Å². The molecule has 0 bridgehead atoms. The average molecular weight is 309 g/mol. The van der Waals surface area contributed by atoms with E-state index in [1.165, 1.54) is 16.0 Å². The second-order valence-corrected chi connectivity index (χ2v) is 6.27. The molecule has 22 heavy (non-hydrogen) atoms. The van der Waals surface area contributed by atoms with E-state index in [2.05, 4.69) is 39.4 Å². The summed E-state index contributed by atoms with van der Waals surface area (Å²) in [4.78, 5) is 5.64. The number of H-pyrrole nitrogens is 1. The molecule has 4 rings (SSSR count). The zero-order valence-electron chi connectivity index (χ0n) is 12.2. The maximum Gasteiger partial charge on any atom is 0.212 e. The topological polar surface area (TPSA) is 50.8 Å². The Balaban J connectivity index is 1.79. The van der Waals surface area contributed by atoms with Crippen LogP contribution in [-0.2, 0) is 0 Å². The predicted molar refractivity (Wildman–Crippen MR) is 90.8 cm³/mol. The second kappa shape index (κ2) is 5.50. The van der Waals surface area contributed by atoms with Crippen molar-refractivity contribution >= 4 is 33.1 Å². The molecule has 3 aromatic rings. The molecule has 1 aliphatic rings. The molecule has 1 N–H and O–H groups in total. The summed E-state index contributed by atoms with van der Waals surface area (Å²) in [5.41, 5.74) is 4.87. The average Bonchev–Trinajstić information content (AvgIpc) is 3.23. The third-order valence-corrected chi connectivity index (χ3v) is 5.05. The summed E-state index contributed by atoms with van der Waals surface area (Å²) in [6.07, 6.45) is 4.82. The summed E-state index contributed by atoms with van der Waals surface area (Å²) in [6, 6.07) is 10.5. The number of methoxy groups -OCH3 is 1. The molecule has 0 saturated heterocycles. The van der Waals surface area contributed by atoms with Crippen molar-refractivity contribution < 1.29 is 4.74 Å². The van der Waals surface area contributed by atoms with Gasteiger partial charge >= 0.3 is 0 Å². The van der Waals surface area contributed by atoms with Gasteiger partial charge in [-0.15, -0.1) is 11.8 Å². The minimum atomic E-state index is 0.646. The summed E-state index contributed by atoms with van der Waals surface area (Å²) < 4.78 is 5.14. The molecule has 0 saturated carbocycles. The van der Waals surface area contributed by atoms with Gasteiger partial charge in [-0.3, -0.25) is 5.10 Å². The van der Waals surface area contributed by atoms with Gasteiger partial charge in [0.25, 0.3) is 0 Å². The van der Waals surface area contributed by atoms with Crippen LogP contribution in [0.4, 0.5) is 0 Å². The number of thioether (sulfide) groups is 1. The van der Waals surface area contributed by atoms with Crippen molar-refractivity contribution in [3.8, 4) is 5.88 Å². The lowest BCUT2D eigenvalue weighted by atomic mass is 10.00. The highest BCUT2D eigenvalue weighted by Crippen LogP contribution is 2.44. The van der Waals surface area contributed by atoms with E-state index in [1.807, 2.05) is 30.2 Å². The van der Waals surface area contributed by atoms with Gasteiger partial charge in [-0.1, -0.05) is 12.1 Å². The number of rotatable bonds is 3. The van der Waals surface area contributed by atoms with Gasteiger partial charge in [0, 0.05) is 33.9 Å². The molecule has 1 aromatic carbocycles. The van der Waals surface area contributed by atoms with E-state index in [1.54, 1.807) is 7.11 Å². The number of ether oxygens (including phenoxy) is 1. The van der Waals surface area contributed by atoms with Gasteiger partial charge in [-0.2, -0.15) is 5.10 Å². The van der Waals surface area contributed by atoms with Crippen molar-refractivity contribution in [2.24, 2.45) is 0 Å². The first-order chi connectivity index (χ1) is 10.8. The zero-order valence-corrected chi connectivity index (χ0v) is 13.0. The standard InChI is InChI=1S/C17H15N3OS/c1-21-16-5-4-13(9-18-16)17-14(6-7-22-17)11-2-3-12-10-19-20-15(12)8-11/h2-5,8-10H,6-7H2,1H3,(H,19,20). The second-order valence-electron chi connectivity index (χ2n) is 5.17. The number of allylic oxidation sites excluding steroid dienone is 1. The Hall–Kier alpha value is -2.27. The number of hydrogen-bond donors (Lipinski definition) is 1. The van der Waals surface area contributed by atoms with E-state index in [0.29, 0.717) is 5.88 Å². The molecular weight excluding hydrogens is 294 g/mol. The third-order valence-electron chi connectivity index (χ3n) is 3.87. The normalized spacial score (nSPS) is 14.8. The summed E-state index contributed by atoms with van der Waals surface area (Å²) >= 11 is 1.89. The number of benzene rings is 1. The Morgan fingerprint density at radius 1 is 1.14 bits per heavy atom. The lowest BCUT2D eigenvalue weighted by Crippen LogP contribution is -1.89. The number of fused-ring (bicyclic) bond motifs is 1. The SMILES string of the molecule is COc1ccc(C2=C(c3ccc4cn[nH]c4c3)CCS2)cn1. The first-order valence-corrected chi connectivity index (χ1v) is 8.13. The maximum atomic E-state index is 5.14. The van der Waals surface area contributed by atoms with Crippen LogP contribution in [0.1, 0.15) is 17.5 Å². The smallest absolute Gasteiger partial charge is 0.212 e. The molecule has 0 fully saturated rings. The molecular formula is C17H15N3OS. The van der Waals surface area contributed by atoms with Crippen LogP contribution in [0.25, 0.3) is 21.4 Å². The molecule has 0 spiro atoms. The number of hydrogen-bond acceptors (Lipinski definition) is 4. The molecule has 0 radical (unpaired) electrons. The highest BCUT2D eigenvalue weighted by Gasteiger charge is 2.19. The van der Waals surface area contributed by atoms with Gasteiger partial charge < -0.3 is 4.74 Å². The van der Waals surface area contributed by atoms with Crippen molar-refractivity contribution in [2.75, 3.05) is 12.9 Å². The van der Waals surface area contributed by atoms with Crippen molar-refractivity contribution in [1.29, 1.82) is 0 Å². The molecule has 110 valence electrons. The lowest BCUT2D eigenvalue weighted by Gasteiger charge is -2.08. The first kappa shape index (κ1) is 13.4. The Kier molecular flexibility index (Phi) is 3.35. The van der Waals surface area contributed by atoms with Gasteiger partial charge in [0.1, 0.15) is 0 Å². The molecule has 3 heterocycles.